The van der Waals surface area contributed by atoms with Crippen molar-refractivity contribution >= 4 is 17.3 Å². The SMILES string of the molecule is OCCNC1CCCN(c2ccccc2Cl)C1. The molecule has 17 heavy (non-hydrogen) atoms. The van der Waals surface area contributed by atoms with Gasteiger partial charge in [0, 0.05) is 25.7 Å². The van der Waals surface area contributed by atoms with Crippen LogP contribution >= 0.6 is 11.6 Å². The molecule has 1 atom stereocenters. The van der Waals surface area contributed by atoms with Gasteiger partial charge in [-0.25, -0.2) is 0 Å². The number of nitrogens with one attached hydrogen (secondary N) is 1. The van der Waals surface area contributed by atoms with Gasteiger partial charge in [0.1, 0.15) is 0 Å². The molecule has 1 aromatic rings. The molecule has 94 valence electrons. The van der Waals surface area contributed by atoms with Crippen molar-refractivity contribution in [2.45, 2.75) is 18.9 Å². The second-order valence-corrected chi connectivity index (χ2v) is 4.82. The summed E-state index contributed by atoms with van der Waals surface area (Å²) in [5, 5.41) is 13.0. The number of halogens is 1. The average Bonchev–Trinajstić information content (AvgIpc) is 2.37. The molecule has 3 nitrogen and oxygen atoms in total. The number of aliphatic hydroxyl groups excluding tert-OH is 1. The first-order chi connectivity index (χ1) is 8.31. The van der Waals surface area contributed by atoms with Crippen molar-refractivity contribution in [3.05, 3.63) is 29.3 Å². The molecule has 0 saturated carbocycles. The largest absolute Gasteiger partial charge is 0.395 e. The van der Waals surface area contributed by atoms with Crippen LogP contribution in [-0.2, 0) is 0 Å². The van der Waals surface area contributed by atoms with Crippen LogP contribution in [0.15, 0.2) is 24.3 Å². The third-order valence-corrected chi connectivity index (χ3v) is 3.48. The molecule has 0 aliphatic carbocycles. The zero-order chi connectivity index (χ0) is 12.1. The molecule has 1 aliphatic rings. The molecule has 0 amide bonds. The fraction of sp³-hybridized carbons (Fsp3) is 0.538. The number of rotatable bonds is 4. The van der Waals surface area contributed by atoms with Crippen molar-refractivity contribution in [2.75, 3.05) is 31.1 Å². The minimum Gasteiger partial charge on any atom is -0.395 e. The Balaban J connectivity index is 1.99. The maximum Gasteiger partial charge on any atom is 0.0639 e. The predicted octanol–water partition coefficient (Wildman–Crippen LogP) is 1.89. The molecule has 1 unspecified atom stereocenters. The lowest BCUT2D eigenvalue weighted by atomic mass is 10.0. The number of nitrogens with zero attached hydrogens (tertiary/aromatic N) is 1. The Hall–Kier alpha value is -0.770. The molecule has 0 spiro atoms. The fourth-order valence-electron chi connectivity index (χ4n) is 2.34. The van der Waals surface area contributed by atoms with Gasteiger partial charge >= 0.3 is 0 Å². The van der Waals surface area contributed by atoms with E-state index in [1.165, 1.54) is 6.42 Å². The lowest BCUT2D eigenvalue weighted by molar-refractivity contribution is 0.278. The lowest BCUT2D eigenvalue weighted by Gasteiger charge is -2.35. The van der Waals surface area contributed by atoms with E-state index in [4.69, 9.17) is 16.7 Å². The quantitative estimate of drug-likeness (QED) is 0.862. The highest BCUT2D eigenvalue weighted by Crippen LogP contribution is 2.27. The van der Waals surface area contributed by atoms with Crippen molar-refractivity contribution in [2.24, 2.45) is 0 Å². The van der Waals surface area contributed by atoms with Crippen LogP contribution in [0.4, 0.5) is 5.69 Å². The molecular weight excluding hydrogens is 236 g/mol. The van der Waals surface area contributed by atoms with Crippen LogP contribution < -0.4 is 10.2 Å². The summed E-state index contributed by atoms with van der Waals surface area (Å²) in [4.78, 5) is 2.32. The summed E-state index contributed by atoms with van der Waals surface area (Å²) in [5.41, 5.74) is 1.12. The fourth-order valence-corrected chi connectivity index (χ4v) is 2.59. The summed E-state index contributed by atoms with van der Waals surface area (Å²) < 4.78 is 0. The highest BCUT2D eigenvalue weighted by Gasteiger charge is 2.20. The molecule has 0 bridgehead atoms. The standard InChI is InChI=1S/C13H19ClN2O/c14-12-5-1-2-6-13(12)16-8-3-4-11(10-16)15-7-9-17/h1-2,5-6,11,15,17H,3-4,7-10H2. The van der Waals surface area contributed by atoms with Crippen LogP contribution in [0.1, 0.15) is 12.8 Å². The third kappa shape index (κ3) is 3.35. The van der Waals surface area contributed by atoms with Crippen LogP contribution in [0.25, 0.3) is 0 Å². The van der Waals surface area contributed by atoms with Gasteiger partial charge in [-0.2, -0.15) is 0 Å². The van der Waals surface area contributed by atoms with Gasteiger partial charge in [-0.1, -0.05) is 23.7 Å². The monoisotopic (exact) mass is 254 g/mol. The molecule has 0 radical (unpaired) electrons. The molecule has 4 heteroatoms. The molecule has 0 aromatic heterocycles. The molecule has 2 rings (SSSR count). The van der Waals surface area contributed by atoms with Gasteiger partial charge in [-0.15, -0.1) is 0 Å². The van der Waals surface area contributed by atoms with Crippen LogP contribution in [0.5, 0.6) is 0 Å². The van der Waals surface area contributed by atoms with Gasteiger partial charge < -0.3 is 15.3 Å². The topological polar surface area (TPSA) is 35.5 Å². The second kappa shape index (κ2) is 6.24. The number of piperidine rings is 1. The minimum atomic E-state index is 0.197. The summed E-state index contributed by atoms with van der Waals surface area (Å²) in [6, 6.07) is 8.42. The molecule has 1 fully saturated rings. The smallest absolute Gasteiger partial charge is 0.0639 e. The van der Waals surface area contributed by atoms with Gasteiger partial charge in [0.05, 0.1) is 17.3 Å². The number of aliphatic hydroxyl groups is 1. The van der Waals surface area contributed by atoms with E-state index in [1.807, 2.05) is 18.2 Å². The van der Waals surface area contributed by atoms with E-state index < -0.39 is 0 Å². The third-order valence-electron chi connectivity index (χ3n) is 3.16. The van der Waals surface area contributed by atoms with E-state index in [9.17, 15) is 0 Å². The number of anilines is 1. The normalized spacial score (nSPS) is 20.6. The number of hydrogen-bond donors (Lipinski definition) is 2. The Morgan fingerprint density at radius 2 is 2.24 bits per heavy atom. The minimum absolute atomic E-state index is 0.197. The van der Waals surface area contributed by atoms with Crippen molar-refractivity contribution in [3.8, 4) is 0 Å². The van der Waals surface area contributed by atoms with E-state index in [0.717, 1.165) is 30.2 Å². The zero-order valence-corrected chi connectivity index (χ0v) is 10.7. The van der Waals surface area contributed by atoms with E-state index in [-0.39, 0.29) is 6.61 Å². The first kappa shape index (κ1) is 12.7. The van der Waals surface area contributed by atoms with E-state index in [0.29, 0.717) is 12.6 Å². The lowest BCUT2D eigenvalue weighted by Crippen LogP contribution is -2.46. The molecule has 1 aliphatic heterocycles. The summed E-state index contributed by atoms with van der Waals surface area (Å²) in [5.74, 6) is 0. The van der Waals surface area contributed by atoms with Gasteiger partial charge in [0.2, 0.25) is 0 Å². The van der Waals surface area contributed by atoms with Crippen LogP contribution in [0.3, 0.4) is 0 Å². The molecule has 1 heterocycles. The van der Waals surface area contributed by atoms with E-state index in [2.05, 4.69) is 16.3 Å². The summed E-state index contributed by atoms with van der Waals surface area (Å²) >= 11 is 6.21. The maximum atomic E-state index is 8.83. The van der Waals surface area contributed by atoms with E-state index >= 15 is 0 Å². The highest BCUT2D eigenvalue weighted by molar-refractivity contribution is 6.33. The van der Waals surface area contributed by atoms with E-state index in [1.54, 1.807) is 0 Å². The second-order valence-electron chi connectivity index (χ2n) is 4.41. The van der Waals surface area contributed by atoms with Crippen LogP contribution in [0, 0.1) is 0 Å². The summed E-state index contributed by atoms with van der Waals surface area (Å²) in [7, 11) is 0. The van der Waals surface area contributed by atoms with Gasteiger partial charge in [0.25, 0.3) is 0 Å². The number of benzene rings is 1. The molecule has 1 saturated heterocycles. The van der Waals surface area contributed by atoms with Crippen LogP contribution in [0.2, 0.25) is 5.02 Å². The Kier molecular flexibility index (Phi) is 4.66. The summed E-state index contributed by atoms with van der Waals surface area (Å²) in [6.07, 6.45) is 2.33. The Morgan fingerprint density at radius 3 is 3.00 bits per heavy atom. The van der Waals surface area contributed by atoms with Crippen molar-refractivity contribution in [3.63, 3.8) is 0 Å². The number of hydrogen-bond acceptors (Lipinski definition) is 3. The average molecular weight is 255 g/mol. The molecular formula is C13H19ClN2O. The zero-order valence-electron chi connectivity index (χ0n) is 9.90. The Morgan fingerprint density at radius 1 is 1.41 bits per heavy atom. The maximum absolute atomic E-state index is 8.83. The molecule has 2 N–H and O–H groups in total. The van der Waals surface area contributed by atoms with Gasteiger partial charge in [-0.05, 0) is 25.0 Å². The van der Waals surface area contributed by atoms with Crippen molar-refractivity contribution in [1.82, 2.24) is 5.32 Å². The molecule has 1 aromatic carbocycles. The Bertz CT molecular complexity index is 359. The summed E-state index contributed by atoms with van der Waals surface area (Å²) in [6.45, 7) is 2.88. The highest BCUT2D eigenvalue weighted by atomic mass is 35.5. The van der Waals surface area contributed by atoms with Crippen LogP contribution in [-0.4, -0.2) is 37.4 Å². The van der Waals surface area contributed by atoms with Crippen molar-refractivity contribution < 1.29 is 5.11 Å². The first-order valence-electron chi connectivity index (χ1n) is 6.15. The van der Waals surface area contributed by atoms with Gasteiger partial charge in [0.15, 0.2) is 0 Å². The predicted molar refractivity (Wildman–Crippen MR) is 71.8 cm³/mol. The first-order valence-corrected chi connectivity index (χ1v) is 6.53. The van der Waals surface area contributed by atoms with Gasteiger partial charge in [-0.3, -0.25) is 0 Å². The van der Waals surface area contributed by atoms with Crippen molar-refractivity contribution in [1.29, 1.82) is 0 Å². The Labute approximate surface area is 107 Å². The number of para-hydroxylation sites is 1.